The summed E-state index contributed by atoms with van der Waals surface area (Å²) >= 11 is 0. The number of rotatable bonds is 4. The predicted octanol–water partition coefficient (Wildman–Crippen LogP) is 3.17. The van der Waals surface area contributed by atoms with Crippen LogP contribution < -0.4 is 15.4 Å². The van der Waals surface area contributed by atoms with Gasteiger partial charge in [0.25, 0.3) is 0 Å². The molecule has 2 aromatic carbocycles. The average molecular weight is 390 g/mol. The standard InChI is InChI=1S/C23H22N2O4/c1-29-17-9-7-16(8-10-17)24-23(28)18-13-21(27)25-19-11-15(12-20(26)22(18)19)14-5-3-2-4-6-14/h2-10,15,18H,11-13H2,1H3,(H,24,28)(H,25,27)/t15-,18-/m1/s1. The first kappa shape index (κ1) is 18.9. The van der Waals surface area contributed by atoms with Gasteiger partial charge >= 0.3 is 0 Å². The normalized spacial score (nSPS) is 21.3. The highest BCUT2D eigenvalue weighted by Gasteiger charge is 2.40. The van der Waals surface area contributed by atoms with Crippen LogP contribution in [-0.4, -0.2) is 24.7 Å². The van der Waals surface area contributed by atoms with E-state index >= 15 is 0 Å². The molecule has 1 aliphatic heterocycles. The fraction of sp³-hybridized carbons (Fsp3) is 0.261. The third-order valence-electron chi connectivity index (χ3n) is 5.48. The van der Waals surface area contributed by atoms with Crippen LogP contribution in [0.1, 0.15) is 30.7 Å². The van der Waals surface area contributed by atoms with Gasteiger partial charge in [-0.05, 0) is 42.2 Å². The number of nitrogens with one attached hydrogen (secondary N) is 2. The van der Waals surface area contributed by atoms with Gasteiger partial charge in [0.2, 0.25) is 11.8 Å². The Hall–Kier alpha value is -3.41. The van der Waals surface area contributed by atoms with Gasteiger partial charge in [-0.1, -0.05) is 30.3 Å². The summed E-state index contributed by atoms with van der Waals surface area (Å²) in [4.78, 5) is 38.1. The van der Waals surface area contributed by atoms with Crippen LogP contribution in [0.4, 0.5) is 5.69 Å². The van der Waals surface area contributed by atoms with Gasteiger partial charge in [0.05, 0.1) is 13.0 Å². The van der Waals surface area contributed by atoms with E-state index in [9.17, 15) is 14.4 Å². The number of amides is 2. The van der Waals surface area contributed by atoms with Crippen molar-refractivity contribution < 1.29 is 19.1 Å². The van der Waals surface area contributed by atoms with Crippen molar-refractivity contribution in [2.24, 2.45) is 5.92 Å². The minimum absolute atomic E-state index is 0.00569. The molecule has 0 unspecified atom stereocenters. The van der Waals surface area contributed by atoms with Gasteiger partial charge in [0.1, 0.15) is 5.75 Å². The van der Waals surface area contributed by atoms with Crippen LogP contribution in [-0.2, 0) is 14.4 Å². The lowest BCUT2D eigenvalue weighted by molar-refractivity contribution is -0.129. The quantitative estimate of drug-likeness (QED) is 0.840. The van der Waals surface area contributed by atoms with Gasteiger partial charge in [-0.3, -0.25) is 14.4 Å². The van der Waals surface area contributed by atoms with Gasteiger partial charge in [0, 0.05) is 29.8 Å². The van der Waals surface area contributed by atoms with Crippen LogP contribution in [0.3, 0.4) is 0 Å². The molecular formula is C23H22N2O4. The van der Waals surface area contributed by atoms with Crippen molar-refractivity contribution >= 4 is 23.3 Å². The minimum Gasteiger partial charge on any atom is -0.497 e. The smallest absolute Gasteiger partial charge is 0.232 e. The van der Waals surface area contributed by atoms with E-state index in [4.69, 9.17) is 4.74 Å². The molecular weight excluding hydrogens is 368 g/mol. The van der Waals surface area contributed by atoms with E-state index in [0.29, 0.717) is 35.5 Å². The molecule has 0 aromatic heterocycles. The number of methoxy groups -OCH3 is 1. The molecule has 0 saturated carbocycles. The van der Waals surface area contributed by atoms with Crippen molar-refractivity contribution in [2.45, 2.75) is 25.2 Å². The van der Waals surface area contributed by atoms with Crippen LogP contribution in [0, 0.1) is 5.92 Å². The monoisotopic (exact) mass is 390 g/mol. The molecule has 29 heavy (non-hydrogen) atoms. The molecule has 6 nitrogen and oxygen atoms in total. The molecule has 4 rings (SSSR count). The van der Waals surface area contributed by atoms with E-state index in [1.54, 1.807) is 31.4 Å². The van der Waals surface area contributed by atoms with Gasteiger partial charge in [0.15, 0.2) is 5.78 Å². The maximum Gasteiger partial charge on any atom is 0.232 e. The Morgan fingerprint density at radius 3 is 2.41 bits per heavy atom. The van der Waals surface area contributed by atoms with Crippen molar-refractivity contribution in [2.75, 3.05) is 12.4 Å². The summed E-state index contributed by atoms with van der Waals surface area (Å²) in [7, 11) is 1.57. The lowest BCUT2D eigenvalue weighted by atomic mass is 9.75. The number of benzene rings is 2. The summed E-state index contributed by atoms with van der Waals surface area (Å²) in [6.45, 7) is 0. The predicted molar refractivity (Wildman–Crippen MR) is 108 cm³/mol. The molecule has 2 aliphatic rings. The van der Waals surface area contributed by atoms with E-state index < -0.39 is 5.92 Å². The first-order valence-corrected chi connectivity index (χ1v) is 9.61. The Morgan fingerprint density at radius 1 is 1.00 bits per heavy atom. The summed E-state index contributed by atoms with van der Waals surface area (Å²) in [6, 6.07) is 16.7. The third kappa shape index (κ3) is 3.92. The second-order valence-electron chi connectivity index (χ2n) is 7.35. The average Bonchev–Trinajstić information content (AvgIpc) is 2.74. The van der Waals surface area contributed by atoms with Gasteiger partial charge in [-0.15, -0.1) is 0 Å². The number of ether oxygens (including phenoxy) is 1. The van der Waals surface area contributed by atoms with Crippen LogP contribution in [0.25, 0.3) is 0 Å². The number of anilines is 1. The molecule has 148 valence electrons. The van der Waals surface area contributed by atoms with Crippen LogP contribution >= 0.6 is 0 Å². The zero-order chi connectivity index (χ0) is 20.4. The molecule has 2 N–H and O–H groups in total. The summed E-state index contributed by atoms with van der Waals surface area (Å²) in [6.07, 6.45) is 0.858. The Balaban J connectivity index is 1.58. The van der Waals surface area contributed by atoms with E-state index in [0.717, 1.165) is 5.56 Å². The summed E-state index contributed by atoms with van der Waals surface area (Å²) in [5.41, 5.74) is 2.69. The number of carbonyl (C=O) groups excluding carboxylic acids is 3. The highest BCUT2D eigenvalue weighted by Crippen LogP contribution is 2.39. The molecule has 2 amide bonds. The zero-order valence-corrected chi connectivity index (χ0v) is 16.1. The summed E-state index contributed by atoms with van der Waals surface area (Å²) in [5, 5.41) is 5.65. The molecule has 0 bridgehead atoms. The number of carbonyl (C=O) groups is 3. The van der Waals surface area contributed by atoms with Crippen LogP contribution in [0.2, 0.25) is 0 Å². The van der Waals surface area contributed by atoms with E-state index in [-0.39, 0.29) is 29.9 Å². The molecule has 6 heteroatoms. The Morgan fingerprint density at radius 2 is 1.72 bits per heavy atom. The number of hydrogen-bond donors (Lipinski definition) is 2. The first-order valence-electron chi connectivity index (χ1n) is 9.61. The fourth-order valence-electron chi connectivity index (χ4n) is 4.05. The molecule has 0 radical (unpaired) electrons. The highest BCUT2D eigenvalue weighted by atomic mass is 16.5. The zero-order valence-electron chi connectivity index (χ0n) is 16.1. The van der Waals surface area contributed by atoms with Crippen molar-refractivity contribution in [3.63, 3.8) is 0 Å². The minimum atomic E-state index is -0.773. The third-order valence-corrected chi connectivity index (χ3v) is 5.48. The second-order valence-corrected chi connectivity index (χ2v) is 7.35. The first-order chi connectivity index (χ1) is 14.0. The van der Waals surface area contributed by atoms with Crippen molar-refractivity contribution in [3.8, 4) is 5.75 Å². The van der Waals surface area contributed by atoms with Crippen LogP contribution in [0.5, 0.6) is 5.75 Å². The Bertz CT molecular complexity index is 980. The summed E-state index contributed by atoms with van der Waals surface area (Å²) < 4.78 is 5.12. The Labute approximate surface area is 168 Å². The highest BCUT2D eigenvalue weighted by molar-refractivity contribution is 6.09. The summed E-state index contributed by atoms with van der Waals surface area (Å²) in [5.74, 6) is -0.741. The van der Waals surface area contributed by atoms with E-state index in [1.807, 2.05) is 30.3 Å². The lowest BCUT2D eigenvalue weighted by Gasteiger charge is -2.33. The van der Waals surface area contributed by atoms with Gasteiger partial charge < -0.3 is 15.4 Å². The Kier molecular flexibility index (Phi) is 5.16. The van der Waals surface area contributed by atoms with Crippen molar-refractivity contribution in [1.29, 1.82) is 0 Å². The molecule has 0 fully saturated rings. The van der Waals surface area contributed by atoms with Crippen molar-refractivity contribution in [3.05, 3.63) is 71.4 Å². The largest absolute Gasteiger partial charge is 0.497 e. The number of Topliss-reactive ketones (excluding diaryl/α,β-unsaturated/α-hetero) is 1. The SMILES string of the molecule is COc1ccc(NC(=O)[C@@H]2CC(=O)NC3=C2C(=O)C[C@H](c2ccccc2)C3)cc1. The number of allylic oxidation sites excluding steroid dienone is 1. The van der Waals surface area contributed by atoms with Gasteiger partial charge in [-0.25, -0.2) is 0 Å². The topological polar surface area (TPSA) is 84.5 Å². The van der Waals surface area contributed by atoms with Crippen LogP contribution in [0.15, 0.2) is 65.9 Å². The fourth-order valence-corrected chi connectivity index (χ4v) is 4.05. The molecule has 2 aromatic rings. The molecule has 2 atom stereocenters. The maximum absolute atomic E-state index is 13.0. The maximum atomic E-state index is 13.0. The second kappa shape index (κ2) is 7.91. The van der Waals surface area contributed by atoms with Crippen molar-refractivity contribution in [1.82, 2.24) is 5.32 Å². The number of ketones is 1. The molecule has 1 heterocycles. The lowest BCUT2D eigenvalue weighted by Crippen LogP contribution is -2.43. The molecule has 0 saturated heterocycles. The van der Waals surface area contributed by atoms with E-state index in [2.05, 4.69) is 10.6 Å². The van der Waals surface area contributed by atoms with Gasteiger partial charge in [-0.2, -0.15) is 0 Å². The van der Waals surface area contributed by atoms with E-state index in [1.165, 1.54) is 0 Å². The molecule has 1 aliphatic carbocycles. The molecule has 0 spiro atoms. The number of hydrogen-bond acceptors (Lipinski definition) is 4.